The maximum absolute atomic E-state index is 6.63. The molecule has 0 bridgehead atoms. The van der Waals surface area contributed by atoms with Gasteiger partial charge in [-0.2, -0.15) is 0 Å². The monoisotopic (exact) mass is 344 g/mol. The predicted octanol–water partition coefficient (Wildman–Crippen LogP) is 5.81. The van der Waals surface area contributed by atoms with Crippen LogP contribution in [0.1, 0.15) is 25.7 Å². The number of rotatable bonds is 2. The molecule has 1 aliphatic carbocycles. The summed E-state index contributed by atoms with van der Waals surface area (Å²) in [6, 6.07) is 12.9. The molecule has 0 radical (unpaired) electrons. The molecular formula is C19H24O2SSi. The molecule has 2 aliphatic rings. The quantitative estimate of drug-likeness (QED) is 0.640. The Morgan fingerprint density at radius 3 is 2.78 bits per heavy atom. The van der Waals surface area contributed by atoms with Crippen molar-refractivity contribution in [2.24, 2.45) is 0 Å². The van der Waals surface area contributed by atoms with E-state index in [9.17, 15) is 0 Å². The zero-order valence-electron chi connectivity index (χ0n) is 14.1. The number of hydrogen-bond donors (Lipinski definition) is 0. The molecule has 1 fully saturated rings. The average molecular weight is 345 g/mol. The molecule has 2 unspecified atom stereocenters. The Bertz CT molecular complexity index is 740. The SMILES string of the molecule is C[Si](C)(C)OC12CCCCC1Sc1c(ccc3ccccc13)O2. The fourth-order valence-electron chi connectivity index (χ4n) is 3.76. The van der Waals surface area contributed by atoms with Gasteiger partial charge in [0.25, 0.3) is 0 Å². The van der Waals surface area contributed by atoms with Gasteiger partial charge in [0.2, 0.25) is 5.79 Å². The van der Waals surface area contributed by atoms with Crippen LogP contribution in [0.5, 0.6) is 5.75 Å². The third-order valence-corrected chi connectivity index (χ3v) is 7.09. The van der Waals surface area contributed by atoms with Gasteiger partial charge >= 0.3 is 0 Å². The molecular weight excluding hydrogens is 320 g/mol. The summed E-state index contributed by atoms with van der Waals surface area (Å²) in [6.07, 6.45) is 4.67. The lowest BCUT2D eigenvalue weighted by atomic mass is 9.93. The van der Waals surface area contributed by atoms with E-state index in [1.165, 1.54) is 34.9 Å². The first-order valence-electron chi connectivity index (χ1n) is 8.54. The average Bonchev–Trinajstić information content (AvgIpc) is 2.51. The van der Waals surface area contributed by atoms with Gasteiger partial charge in [-0.05, 0) is 49.3 Å². The van der Waals surface area contributed by atoms with Crippen molar-refractivity contribution in [1.82, 2.24) is 0 Å². The fourth-order valence-corrected chi connectivity index (χ4v) is 6.67. The van der Waals surface area contributed by atoms with Gasteiger partial charge in [-0.1, -0.05) is 36.8 Å². The summed E-state index contributed by atoms with van der Waals surface area (Å²) < 4.78 is 13.2. The normalized spacial score (nSPS) is 27.2. The van der Waals surface area contributed by atoms with Gasteiger partial charge in [-0.25, -0.2) is 0 Å². The Hall–Kier alpha value is -0.973. The van der Waals surface area contributed by atoms with Gasteiger partial charge in [0.1, 0.15) is 5.75 Å². The first-order chi connectivity index (χ1) is 11.0. The van der Waals surface area contributed by atoms with Gasteiger partial charge in [0.05, 0.1) is 10.1 Å². The molecule has 1 heterocycles. The number of hydrogen-bond acceptors (Lipinski definition) is 3. The Morgan fingerprint density at radius 2 is 1.96 bits per heavy atom. The molecule has 23 heavy (non-hydrogen) atoms. The molecule has 0 aromatic heterocycles. The van der Waals surface area contributed by atoms with E-state index in [4.69, 9.17) is 9.16 Å². The highest BCUT2D eigenvalue weighted by atomic mass is 32.2. The van der Waals surface area contributed by atoms with Crippen LogP contribution in [-0.2, 0) is 4.43 Å². The van der Waals surface area contributed by atoms with Crippen LogP contribution < -0.4 is 4.74 Å². The van der Waals surface area contributed by atoms with Crippen LogP contribution in [0.15, 0.2) is 41.3 Å². The number of benzene rings is 2. The Balaban J connectivity index is 1.80. The predicted molar refractivity (Wildman–Crippen MR) is 99.9 cm³/mol. The Kier molecular flexibility index (Phi) is 3.74. The molecule has 2 aromatic carbocycles. The van der Waals surface area contributed by atoms with Crippen LogP contribution in [0, 0.1) is 0 Å². The second-order valence-electron chi connectivity index (χ2n) is 7.59. The lowest BCUT2D eigenvalue weighted by molar-refractivity contribution is -0.142. The molecule has 2 aromatic rings. The Morgan fingerprint density at radius 1 is 1.13 bits per heavy atom. The zero-order valence-corrected chi connectivity index (χ0v) is 15.9. The van der Waals surface area contributed by atoms with Crippen molar-refractivity contribution >= 4 is 30.9 Å². The number of ether oxygens (including phenoxy) is 1. The van der Waals surface area contributed by atoms with E-state index in [1.54, 1.807) is 0 Å². The van der Waals surface area contributed by atoms with Gasteiger partial charge in [0, 0.05) is 6.42 Å². The lowest BCUT2D eigenvalue weighted by Crippen LogP contribution is -2.56. The molecule has 122 valence electrons. The molecule has 0 amide bonds. The Labute approximate surface area is 143 Å². The topological polar surface area (TPSA) is 18.5 Å². The molecule has 1 aliphatic heterocycles. The minimum absolute atomic E-state index is 0.404. The van der Waals surface area contributed by atoms with Crippen LogP contribution in [0.3, 0.4) is 0 Å². The van der Waals surface area contributed by atoms with Gasteiger partial charge in [-0.15, -0.1) is 11.8 Å². The molecule has 4 heteroatoms. The van der Waals surface area contributed by atoms with Crippen molar-refractivity contribution in [1.29, 1.82) is 0 Å². The minimum atomic E-state index is -1.68. The van der Waals surface area contributed by atoms with E-state index in [2.05, 4.69) is 56.0 Å². The third kappa shape index (κ3) is 2.81. The van der Waals surface area contributed by atoms with Crippen molar-refractivity contribution in [2.75, 3.05) is 0 Å². The van der Waals surface area contributed by atoms with E-state index in [1.807, 2.05) is 11.8 Å². The first-order valence-corrected chi connectivity index (χ1v) is 12.8. The summed E-state index contributed by atoms with van der Waals surface area (Å²) in [7, 11) is -1.68. The van der Waals surface area contributed by atoms with Crippen molar-refractivity contribution in [2.45, 2.75) is 61.3 Å². The smallest absolute Gasteiger partial charge is 0.213 e. The fraction of sp³-hybridized carbons (Fsp3) is 0.474. The second-order valence-corrected chi connectivity index (χ2v) is 13.2. The van der Waals surface area contributed by atoms with Crippen molar-refractivity contribution in [3.05, 3.63) is 36.4 Å². The molecule has 0 N–H and O–H groups in total. The summed E-state index contributed by atoms with van der Waals surface area (Å²) in [6.45, 7) is 6.78. The second kappa shape index (κ2) is 5.54. The van der Waals surface area contributed by atoms with Gasteiger partial charge in [0.15, 0.2) is 8.32 Å². The highest BCUT2D eigenvalue weighted by molar-refractivity contribution is 8.00. The summed E-state index contributed by atoms with van der Waals surface area (Å²) in [5.74, 6) is 0.591. The maximum atomic E-state index is 6.63. The summed E-state index contributed by atoms with van der Waals surface area (Å²) in [5, 5.41) is 3.00. The largest absolute Gasteiger partial charge is 0.461 e. The van der Waals surface area contributed by atoms with Crippen LogP contribution >= 0.6 is 11.8 Å². The van der Waals surface area contributed by atoms with Crippen LogP contribution in [0.4, 0.5) is 0 Å². The van der Waals surface area contributed by atoms with E-state index in [0.717, 1.165) is 12.2 Å². The molecule has 4 rings (SSSR count). The molecule has 2 nitrogen and oxygen atoms in total. The van der Waals surface area contributed by atoms with Gasteiger partial charge in [-0.3, -0.25) is 0 Å². The zero-order chi connectivity index (χ0) is 16.1. The van der Waals surface area contributed by atoms with Crippen LogP contribution in [0.2, 0.25) is 19.6 Å². The van der Waals surface area contributed by atoms with Crippen molar-refractivity contribution in [3.63, 3.8) is 0 Å². The first kappa shape index (κ1) is 15.5. The maximum Gasteiger partial charge on any atom is 0.213 e. The van der Waals surface area contributed by atoms with E-state index >= 15 is 0 Å². The van der Waals surface area contributed by atoms with Crippen LogP contribution in [0.25, 0.3) is 10.8 Å². The summed E-state index contributed by atoms with van der Waals surface area (Å²) in [5.41, 5.74) is 0. The summed E-state index contributed by atoms with van der Waals surface area (Å²) >= 11 is 1.98. The van der Waals surface area contributed by atoms with Crippen molar-refractivity contribution < 1.29 is 9.16 Å². The van der Waals surface area contributed by atoms with Gasteiger partial charge < -0.3 is 9.16 Å². The van der Waals surface area contributed by atoms with E-state index in [0.29, 0.717) is 5.25 Å². The summed E-state index contributed by atoms with van der Waals surface area (Å²) in [4.78, 5) is 1.30. The van der Waals surface area contributed by atoms with E-state index < -0.39 is 14.1 Å². The third-order valence-electron chi connectivity index (χ3n) is 4.60. The molecule has 0 spiro atoms. The highest BCUT2D eigenvalue weighted by Gasteiger charge is 2.50. The lowest BCUT2D eigenvalue weighted by Gasteiger charge is -2.49. The van der Waals surface area contributed by atoms with Crippen LogP contribution in [-0.4, -0.2) is 19.4 Å². The standard InChI is InChI=1S/C19H24O2SSi/c1-23(2,3)21-19-13-7-6-10-17(19)22-18-15-9-5-4-8-14(15)11-12-16(18)20-19/h4-5,8-9,11-12,17H,6-7,10,13H2,1-3H3. The molecule has 0 saturated heterocycles. The van der Waals surface area contributed by atoms with Crippen molar-refractivity contribution in [3.8, 4) is 5.75 Å². The van der Waals surface area contributed by atoms with E-state index in [-0.39, 0.29) is 0 Å². The molecule has 1 saturated carbocycles. The minimum Gasteiger partial charge on any atom is -0.461 e. The number of thioether (sulfide) groups is 1. The highest BCUT2D eigenvalue weighted by Crippen LogP contribution is 2.53. The molecule has 2 atom stereocenters. The number of fused-ring (bicyclic) bond motifs is 4.